The van der Waals surface area contributed by atoms with Crippen molar-refractivity contribution in [1.82, 2.24) is 9.55 Å². The molecule has 0 amide bonds. The Morgan fingerprint density at radius 1 is 0.821 bits per heavy atom. The van der Waals surface area contributed by atoms with Gasteiger partial charge in [-0.25, -0.2) is 13.8 Å². The number of nitrogens with one attached hydrogen (secondary N) is 1. The summed E-state index contributed by atoms with van der Waals surface area (Å²) >= 11 is 3.34. The molecule has 0 aliphatic carbocycles. The van der Waals surface area contributed by atoms with Crippen molar-refractivity contribution < 1.29 is 4.39 Å². The van der Waals surface area contributed by atoms with Gasteiger partial charge in [0.1, 0.15) is 11.6 Å². The lowest BCUT2D eigenvalue weighted by molar-refractivity contribution is 0.623. The van der Waals surface area contributed by atoms with Crippen LogP contribution in [-0.4, -0.2) is 35.7 Å². The van der Waals surface area contributed by atoms with Gasteiger partial charge in [-0.15, -0.1) is 0 Å². The van der Waals surface area contributed by atoms with Crippen molar-refractivity contribution >= 4 is 27.4 Å². The van der Waals surface area contributed by atoms with E-state index in [0.29, 0.717) is 37.7 Å². The largest absolute Gasteiger partial charge is 0.368 e. The smallest absolute Gasteiger partial charge is 0.334 e. The number of nitrogens with zero attached hydrogens (tertiary/aromatic N) is 3. The lowest BCUT2D eigenvalue weighted by Gasteiger charge is -2.36. The fourth-order valence-electron chi connectivity index (χ4n) is 3.35. The van der Waals surface area contributed by atoms with Gasteiger partial charge in [0.05, 0.1) is 5.69 Å². The maximum Gasteiger partial charge on any atom is 0.334 e. The minimum absolute atomic E-state index is 0.258. The molecule has 144 valence electrons. The highest BCUT2D eigenvalue weighted by molar-refractivity contribution is 9.10. The molecule has 3 aromatic rings. The van der Waals surface area contributed by atoms with Gasteiger partial charge in [-0.2, -0.15) is 0 Å². The Balaban J connectivity index is 1.53. The van der Waals surface area contributed by atoms with E-state index in [1.54, 1.807) is 36.4 Å². The summed E-state index contributed by atoms with van der Waals surface area (Å²) in [6.45, 7) is 2.72. The molecule has 8 heteroatoms. The second kappa shape index (κ2) is 7.63. The van der Waals surface area contributed by atoms with Crippen LogP contribution in [-0.2, 0) is 0 Å². The molecule has 1 saturated heterocycles. The van der Waals surface area contributed by atoms with Crippen LogP contribution in [0.4, 0.5) is 15.9 Å². The molecule has 6 nitrogen and oxygen atoms in total. The Bertz CT molecular complexity index is 1050. The predicted octanol–water partition coefficient (Wildman–Crippen LogP) is 2.75. The zero-order valence-electron chi connectivity index (χ0n) is 14.9. The van der Waals surface area contributed by atoms with Crippen LogP contribution in [0.5, 0.6) is 0 Å². The normalized spacial score (nSPS) is 14.4. The van der Waals surface area contributed by atoms with Gasteiger partial charge in [0, 0.05) is 42.4 Å². The Morgan fingerprint density at radius 3 is 2.00 bits per heavy atom. The van der Waals surface area contributed by atoms with E-state index >= 15 is 0 Å². The maximum absolute atomic E-state index is 13.1. The van der Waals surface area contributed by atoms with Crippen LogP contribution in [0.15, 0.2) is 68.7 Å². The zero-order chi connectivity index (χ0) is 19.7. The van der Waals surface area contributed by atoms with Crippen molar-refractivity contribution in [2.24, 2.45) is 0 Å². The number of hydrogen-bond donors (Lipinski definition) is 1. The predicted molar refractivity (Wildman–Crippen MR) is 111 cm³/mol. The van der Waals surface area contributed by atoms with Crippen LogP contribution in [0.25, 0.3) is 5.69 Å². The molecule has 28 heavy (non-hydrogen) atoms. The van der Waals surface area contributed by atoms with Crippen LogP contribution in [0.1, 0.15) is 0 Å². The summed E-state index contributed by atoms with van der Waals surface area (Å²) in [5.74, 6) is 0.258. The van der Waals surface area contributed by atoms with Crippen molar-refractivity contribution in [2.45, 2.75) is 0 Å². The third kappa shape index (κ3) is 3.73. The summed E-state index contributed by atoms with van der Waals surface area (Å²) in [5.41, 5.74) is 0.634. The SMILES string of the molecule is O=c1cc(N2CCN(c3ccc(F)cc3)CC2)[nH]c(=O)n1-c1ccc(Br)cc1. The summed E-state index contributed by atoms with van der Waals surface area (Å²) in [6.07, 6.45) is 0. The van der Waals surface area contributed by atoms with Gasteiger partial charge in [-0.1, -0.05) is 15.9 Å². The summed E-state index contributed by atoms with van der Waals surface area (Å²) < 4.78 is 15.1. The number of hydrogen-bond acceptors (Lipinski definition) is 4. The Labute approximate surface area is 169 Å². The topological polar surface area (TPSA) is 61.3 Å². The van der Waals surface area contributed by atoms with E-state index in [0.717, 1.165) is 14.7 Å². The molecular weight excluding hydrogens is 427 g/mol. The maximum atomic E-state index is 13.1. The molecule has 2 aromatic carbocycles. The van der Waals surface area contributed by atoms with Crippen molar-refractivity contribution in [3.8, 4) is 5.69 Å². The molecule has 1 aliphatic heterocycles. The van der Waals surface area contributed by atoms with E-state index in [4.69, 9.17) is 0 Å². The molecule has 1 aliphatic rings. The second-order valence-corrected chi connectivity index (χ2v) is 7.48. The third-order valence-electron chi connectivity index (χ3n) is 4.82. The van der Waals surface area contributed by atoms with Crippen LogP contribution in [0, 0.1) is 5.82 Å². The van der Waals surface area contributed by atoms with Crippen molar-refractivity contribution in [1.29, 1.82) is 0 Å². The van der Waals surface area contributed by atoms with E-state index in [1.807, 2.05) is 4.90 Å². The minimum atomic E-state index is -0.467. The number of anilines is 2. The van der Waals surface area contributed by atoms with E-state index in [-0.39, 0.29) is 11.4 Å². The first-order chi connectivity index (χ1) is 13.5. The lowest BCUT2D eigenvalue weighted by atomic mass is 10.2. The van der Waals surface area contributed by atoms with Gasteiger partial charge in [-0.3, -0.25) is 9.78 Å². The molecule has 0 atom stereocenters. The number of benzene rings is 2. The van der Waals surface area contributed by atoms with Gasteiger partial charge in [0.25, 0.3) is 5.56 Å². The molecule has 1 aromatic heterocycles. The number of piperazine rings is 1. The summed E-state index contributed by atoms with van der Waals surface area (Å²) in [6, 6.07) is 14.8. The Morgan fingerprint density at radius 2 is 1.39 bits per heavy atom. The molecule has 0 spiro atoms. The molecular formula is C20H18BrFN4O2. The average Bonchev–Trinajstić information content (AvgIpc) is 2.70. The average molecular weight is 445 g/mol. The first-order valence-corrected chi connectivity index (χ1v) is 9.68. The number of aromatic amines is 1. The Kier molecular flexibility index (Phi) is 5.04. The number of halogens is 2. The van der Waals surface area contributed by atoms with Crippen LogP contribution >= 0.6 is 15.9 Å². The van der Waals surface area contributed by atoms with Crippen LogP contribution < -0.4 is 21.0 Å². The second-order valence-electron chi connectivity index (χ2n) is 6.56. The molecule has 0 radical (unpaired) electrons. The van der Waals surface area contributed by atoms with Crippen molar-refractivity contribution in [2.75, 3.05) is 36.0 Å². The first kappa shape index (κ1) is 18.5. The third-order valence-corrected chi connectivity index (χ3v) is 5.34. The number of rotatable bonds is 3. The van der Waals surface area contributed by atoms with E-state index < -0.39 is 5.69 Å². The highest BCUT2D eigenvalue weighted by atomic mass is 79.9. The van der Waals surface area contributed by atoms with Crippen LogP contribution in [0.2, 0.25) is 0 Å². The molecule has 4 rings (SSSR count). The number of H-pyrrole nitrogens is 1. The van der Waals surface area contributed by atoms with Gasteiger partial charge in [-0.05, 0) is 48.5 Å². The van der Waals surface area contributed by atoms with Gasteiger partial charge >= 0.3 is 5.69 Å². The summed E-state index contributed by atoms with van der Waals surface area (Å²) in [7, 11) is 0. The van der Waals surface area contributed by atoms with Gasteiger partial charge in [0.2, 0.25) is 0 Å². The standard InChI is InChI=1S/C20H18BrFN4O2/c21-14-1-5-17(6-2-14)26-19(27)13-18(23-20(26)28)25-11-9-24(10-12-25)16-7-3-15(22)4-8-16/h1-8,13H,9-12H2,(H,23,28). The van der Waals surface area contributed by atoms with E-state index in [9.17, 15) is 14.0 Å². The van der Waals surface area contributed by atoms with E-state index in [2.05, 4.69) is 25.8 Å². The monoisotopic (exact) mass is 444 g/mol. The van der Waals surface area contributed by atoms with Gasteiger partial charge < -0.3 is 9.80 Å². The summed E-state index contributed by atoms with van der Waals surface area (Å²) in [4.78, 5) is 32.0. The van der Waals surface area contributed by atoms with Crippen molar-refractivity contribution in [3.63, 3.8) is 0 Å². The quantitative estimate of drug-likeness (QED) is 0.674. The molecule has 2 heterocycles. The molecule has 0 unspecified atom stereocenters. The molecule has 0 bridgehead atoms. The minimum Gasteiger partial charge on any atom is -0.368 e. The lowest BCUT2D eigenvalue weighted by Crippen LogP contribution is -2.48. The van der Waals surface area contributed by atoms with Gasteiger partial charge in [0.15, 0.2) is 0 Å². The number of aromatic nitrogens is 2. The zero-order valence-corrected chi connectivity index (χ0v) is 16.5. The Hall–Kier alpha value is -2.87. The highest BCUT2D eigenvalue weighted by Crippen LogP contribution is 2.19. The summed E-state index contributed by atoms with van der Waals surface area (Å²) in [5, 5.41) is 0. The molecule has 1 N–H and O–H groups in total. The fraction of sp³-hybridized carbons (Fsp3) is 0.200. The van der Waals surface area contributed by atoms with Crippen LogP contribution in [0.3, 0.4) is 0 Å². The first-order valence-electron chi connectivity index (χ1n) is 8.89. The fourth-order valence-corrected chi connectivity index (χ4v) is 3.61. The molecule has 1 fully saturated rings. The molecule has 0 saturated carbocycles. The van der Waals surface area contributed by atoms with E-state index in [1.165, 1.54) is 18.2 Å². The highest BCUT2D eigenvalue weighted by Gasteiger charge is 2.19. The van der Waals surface area contributed by atoms with Crippen molar-refractivity contribution in [3.05, 3.63) is 85.7 Å².